The van der Waals surface area contributed by atoms with Gasteiger partial charge in [0.05, 0.1) is 62.3 Å². The molecule has 25 heteroatoms. The molecule has 15 rings (SSSR count). The number of nitrogens with zero attached hydrogens (tertiary/aromatic N) is 6. The van der Waals surface area contributed by atoms with Crippen LogP contribution < -0.4 is 9.64 Å². The summed E-state index contributed by atoms with van der Waals surface area (Å²) < 4.78 is 45.7. The second kappa shape index (κ2) is 53.6. The van der Waals surface area contributed by atoms with Crippen LogP contribution in [0.15, 0.2) is 212 Å². The summed E-state index contributed by atoms with van der Waals surface area (Å²) in [5, 5.41) is 43.5. The first-order valence-corrected chi connectivity index (χ1v) is 46.5. The van der Waals surface area contributed by atoms with E-state index >= 15 is 0 Å². The molecule has 10 aromatic carbocycles. The molecule has 0 fully saturated rings. The average Bonchev–Trinajstić information content (AvgIpc) is 1.71. The average molecular weight is 1810 g/mol. The van der Waals surface area contributed by atoms with Crippen molar-refractivity contribution in [2.45, 2.75) is 193 Å². The summed E-state index contributed by atoms with van der Waals surface area (Å²) in [6.45, 7) is -1.72. The van der Waals surface area contributed by atoms with E-state index in [1.807, 2.05) is 93.0 Å². The van der Waals surface area contributed by atoms with Gasteiger partial charge in [0, 0.05) is 89.6 Å². The Bertz CT molecular complexity index is 6180. The Labute approximate surface area is 774 Å². The fourth-order valence-electron chi connectivity index (χ4n) is 15.8. The van der Waals surface area contributed by atoms with E-state index in [2.05, 4.69) is 123 Å². The van der Waals surface area contributed by atoms with Crippen molar-refractivity contribution in [1.29, 1.82) is 0 Å². The summed E-state index contributed by atoms with van der Waals surface area (Å²) in [6.07, 6.45) is 26.2. The van der Waals surface area contributed by atoms with Crippen molar-refractivity contribution in [3.63, 3.8) is 0 Å². The number of aryl methyl sites for hydroxylation is 5. The predicted molar refractivity (Wildman–Crippen MR) is 523 cm³/mol. The van der Waals surface area contributed by atoms with Gasteiger partial charge in [-0.15, -0.1) is 0 Å². The van der Waals surface area contributed by atoms with E-state index in [-0.39, 0.29) is 79.4 Å². The summed E-state index contributed by atoms with van der Waals surface area (Å²) in [5.41, 5.74) is 20.8. The number of Topliss-reactive ketones (excluding diaryl/α,β-unsaturated/α-hetero) is 5. The van der Waals surface area contributed by atoms with Crippen LogP contribution in [0.3, 0.4) is 0 Å². The lowest BCUT2D eigenvalue weighted by atomic mass is 10.0. The Kier molecular flexibility index (Phi) is 40.5. The van der Waals surface area contributed by atoms with Gasteiger partial charge < -0.3 is 60.1 Å². The molecule has 0 aliphatic heterocycles. The van der Waals surface area contributed by atoms with Crippen LogP contribution in [0, 0.1) is 17.5 Å². The third-order valence-electron chi connectivity index (χ3n) is 23.3. The standard InChI is InChI=1S/C23H29N3O2.C22H26N2O3.3C21H23FN2O2/c1-26(2)19-12-9-17(10-13-19)18-11-14-21-22(15-18)25-23(24-21)8-6-4-3-5-7-20(28)16-27;1-27-19-11-8-16(9-12-19)17-10-13-20-21(14-17)24-22(23-20)7-5-3-2-4-6-18(26)15-25;22-17-7-5-6-15(12-17)16-10-11-19-20(13-16)24-21(23-19)9-4-2-1-3-8-18(26)14-25;22-18-9-6-5-8-17(18)15-11-12-19-20(13-15)24-21(23-19)10-4-2-1-3-7-16(26)14-25;22-17-10-7-15(8-11-17)16-9-12-19-20(13-16)24-21(23-19)6-4-2-1-3-5-18(26)14-25/h9-15,27H,3-8,16H2,1-2H3,(H,24,25);8-14,25H,2-7,15H2,1H3,(H,23,24);5-7,10-13,25H,1-4,8-9,14H2,(H,23,24);5-6,8-9,11-13,25H,1-4,7,10,14H2,(H,23,24);7-13,25H,1-6,14H2,(H,23,24). The molecule has 5 aromatic heterocycles. The first-order chi connectivity index (χ1) is 64.7. The quantitative estimate of drug-likeness (QED) is 0.0158. The van der Waals surface area contributed by atoms with Crippen molar-refractivity contribution < 1.29 is 67.4 Å². The molecule has 0 saturated heterocycles. The number of carbonyl (C=O) groups excluding carboxylic acids is 5. The lowest BCUT2D eigenvalue weighted by molar-refractivity contribution is -0.122. The van der Waals surface area contributed by atoms with Gasteiger partial charge in [0.15, 0.2) is 28.9 Å². The maximum absolute atomic E-state index is 14.0. The Hall–Kier alpha value is -12.9. The zero-order valence-electron chi connectivity index (χ0n) is 76.5. The van der Waals surface area contributed by atoms with Crippen molar-refractivity contribution in [2.75, 3.05) is 59.1 Å². The third kappa shape index (κ3) is 32.5. The Morgan fingerprint density at radius 3 is 0.857 bits per heavy atom. The number of nitrogens with one attached hydrogen (secondary N) is 5. The number of hydrogen-bond donors (Lipinski definition) is 10. The number of anilines is 1. The number of aliphatic hydroxyl groups excluding tert-OH is 5. The van der Waals surface area contributed by atoms with Gasteiger partial charge in [-0.3, -0.25) is 24.0 Å². The van der Waals surface area contributed by atoms with Gasteiger partial charge in [-0.1, -0.05) is 161 Å². The molecular formula is C108H124F3N11O11. The highest BCUT2D eigenvalue weighted by Crippen LogP contribution is 2.32. The van der Waals surface area contributed by atoms with Crippen LogP contribution in [0.25, 0.3) is 111 Å². The highest BCUT2D eigenvalue weighted by atomic mass is 19.1. The molecular weight excluding hydrogens is 1680 g/mol. The number of carbonyl (C=O) groups is 5. The number of benzene rings is 10. The molecule has 22 nitrogen and oxygen atoms in total. The lowest BCUT2D eigenvalue weighted by Gasteiger charge is -2.12. The lowest BCUT2D eigenvalue weighted by Crippen LogP contribution is -2.07. The Morgan fingerprint density at radius 1 is 0.286 bits per heavy atom. The molecule has 5 heterocycles. The van der Waals surface area contributed by atoms with E-state index in [4.69, 9.17) is 35.3 Å². The fourth-order valence-corrected chi connectivity index (χ4v) is 15.8. The number of ketones is 5. The van der Waals surface area contributed by atoms with Gasteiger partial charge >= 0.3 is 0 Å². The normalized spacial score (nSPS) is 11.1. The molecule has 0 saturated carbocycles. The Morgan fingerprint density at radius 2 is 0.556 bits per heavy atom. The number of imidazole rings is 5. The van der Waals surface area contributed by atoms with Crippen molar-refractivity contribution in [3.05, 3.63) is 259 Å². The highest BCUT2D eigenvalue weighted by molar-refractivity contribution is 5.87. The van der Waals surface area contributed by atoms with Crippen molar-refractivity contribution >= 4 is 89.8 Å². The number of aromatic amines is 5. The molecule has 0 aliphatic carbocycles. The summed E-state index contributed by atoms with van der Waals surface area (Å²) >= 11 is 0. The van der Waals surface area contributed by atoms with Crippen molar-refractivity contribution in [3.8, 4) is 61.4 Å². The summed E-state index contributed by atoms with van der Waals surface area (Å²) in [7, 11) is 5.76. The Balaban J connectivity index is 0.000000160. The molecule has 0 amide bonds. The number of aromatic nitrogens is 10. The molecule has 0 unspecified atom stereocenters. The van der Waals surface area contributed by atoms with Crippen LogP contribution in [0.2, 0.25) is 0 Å². The molecule has 10 N–H and O–H groups in total. The van der Waals surface area contributed by atoms with E-state index in [0.717, 1.165) is 290 Å². The first-order valence-electron chi connectivity index (χ1n) is 46.5. The molecule has 0 atom stereocenters. The number of H-pyrrole nitrogens is 5. The van der Waals surface area contributed by atoms with E-state index in [0.29, 0.717) is 37.7 Å². The van der Waals surface area contributed by atoms with Gasteiger partial charge in [0.25, 0.3) is 0 Å². The number of methoxy groups -OCH3 is 1. The van der Waals surface area contributed by atoms with Gasteiger partial charge in [-0.25, -0.2) is 38.1 Å². The van der Waals surface area contributed by atoms with Crippen LogP contribution in [0.4, 0.5) is 18.9 Å². The number of ether oxygens (including phenoxy) is 1. The topological polar surface area (TPSA) is 342 Å². The van der Waals surface area contributed by atoms with Crippen LogP contribution in [0.1, 0.15) is 190 Å². The summed E-state index contributed by atoms with van der Waals surface area (Å²) in [5.74, 6) is 4.60. The largest absolute Gasteiger partial charge is 0.497 e. The van der Waals surface area contributed by atoms with E-state index in [9.17, 15) is 37.1 Å². The molecule has 133 heavy (non-hydrogen) atoms. The molecule has 15 aromatic rings. The highest BCUT2D eigenvalue weighted by Gasteiger charge is 2.15. The van der Waals surface area contributed by atoms with Gasteiger partial charge in [-0.2, -0.15) is 0 Å². The zero-order chi connectivity index (χ0) is 94.1. The second-order valence-electron chi connectivity index (χ2n) is 33.8. The van der Waals surface area contributed by atoms with Crippen molar-refractivity contribution in [2.24, 2.45) is 0 Å². The SMILES string of the molecule is CN(C)c1ccc(-c2ccc3nc(CCCCCCC(=O)CO)[nH]c3c2)cc1.COc1ccc(-c2ccc3nc(CCCCCCC(=O)CO)[nH]c3c2)cc1.O=C(CO)CCCCCCc1nc2ccc(-c3ccc(F)cc3)cc2[nH]1.O=C(CO)CCCCCCc1nc2ccc(-c3cccc(F)c3)cc2[nH]1.O=C(CO)CCCCCCc1nc2ccc(-c3ccccc3F)cc2[nH]1. The number of halogens is 3. The smallest absolute Gasteiger partial charge is 0.158 e. The fraction of sp³-hybridized carbons (Fsp3) is 0.352. The summed E-state index contributed by atoms with van der Waals surface area (Å²) in [6, 6.07) is 66.7. The molecule has 0 spiro atoms. The predicted octanol–water partition coefficient (Wildman–Crippen LogP) is 21.9. The van der Waals surface area contributed by atoms with E-state index < -0.39 is 0 Å². The maximum atomic E-state index is 14.0. The van der Waals surface area contributed by atoms with Gasteiger partial charge in [0.1, 0.15) is 85.4 Å². The van der Waals surface area contributed by atoms with E-state index in [1.165, 1.54) is 47.1 Å². The van der Waals surface area contributed by atoms with Gasteiger partial charge in [0.2, 0.25) is 0 Å². The minimum absolute atomic E-state index is 0.0653. The van der Waals surface area contributed by atoms with Crippen LogP contribution >= 0.6 is 0 Å². The first kappa shape index (κ1) is 101. The molecule has 0 radical (unpaired) electrons. The minimum Gasteiger partial charge on any atom is -0.497 e. The number of rotatable bonds is 47. The third-order valence-corrected chi connectivity index (χ3v) is 23.3. The molecule has 698 valence electrons. The number of aliphatic hydroxyl groups is 5. The van der Waals surface area contributed by atoms with Crippen molar-refractivity contribution in [1.82, 2.24) is 49.8 Å². The number of unbranched alkanes of at least 4 members (excludes halogenated alkanes) is 15. The maximum Gasteiger partial charge on any atom is 0.158 e. The van der Waals surface area contributed by atoms with Crippen LogP contribution in [-0.4, -0.2) is 159 Å². The van der Waals surface area contributed by atoms with Crippen LogP contribution in [-0.2, 0) is 56.1 Å². The molecule has 0 bridgehead atoms. The molecule has 0 aliphatic rings. The zero-order valence-corrected chi connectivity index (χ0v) is 76.5. The minimum atomic E-state index is -0.353. The number of fused-ring (bicyclic) bond motifs is 5. The van der Waals surface area contributed by atoms with Gasteiger partial charge in [-0.05, 0) is 230 Å². The second-order valence-corrected chi connectivity index (χ2v) is 33.8. The summed E-state index contributed by atoms with van der Waals surface area (Å²) in [4.78, 5) is 97.4. The number of hydrogen-bond acceptors (Lipinski definition) is 17. The van der Waals surface area contributed by atoms with E-state index in [1.54, 1.807) is 37.4 Å². The van der Waals surface area contributed by atoms with Crippen LogP contribution in [0.5, 0.6) is 5.75 Å². The monoisotopic (exact) mass is 1810 g/mol.